The lowest BCUT2D eigenvalue weighted by Crippen LogP contribution is -2.58. The maximum Gasteiger partial charge on any atom is 0.407 e. The summed E-state index contributed by atoms with van der Waals surface area (Å²) >= 11 is 0. The molecule has 4 amide bonds. The van der Waals surface area contributed by atoms with E-state index in [1.54, 1.807) is 7.11 Å². The van der Waals surface area contributed by atoms with E-state index in [9.17, 15) is 27.6 Å². The van der Waals surface area contributed by atoms with Crippen LogP contribution in [0.5, 0.6) is 11.5 Å². The van der Waals surface area contributed by atoms with Crippen LogP contribution in [0.3, 0.4) is 0 Å². The number of aryl methyl sites for hydroxylation is 1. The summed E-state index contributed by atoms with van der Waals surface area (Å²) < 4.78 is 46.7. The molecule has 3 aliphatic heterocycles. The van der Waals surface area contributed by atoms with Crippen LogP contribution in [0, 0.1) is 11.8 Å². The smallest absolute Gasteiger partial charge is 0.407 e. The number of nitrogens with zero attached hydrogens (tertiary/aromatic N) is 2. The molecule has 60 heavy (non-hydrogen) atoms. The van der Waals surface area contributed by atoms with E-state index in [2.05, 4.69) is 21.4 Å². The number of methoxy groups -OCH3 is 1. The highest BCUT2D eigenvalue weighted by Gasteiger charge is 2.62. The standard InChI is InChI=1S/C45H57N5O9S/c1-28-13-11-12-16-30-21-34-37(24-39(30)57-2)46-36(29-14-7-6-8-15-29)23-40(34)59-32-22-38-41(51)48-45(43(53)49-60(55,56)33-19-20-33)25-31(45)17-9-4-3-5-10-18-35(42(52)50(38)26-32)47-44(54)58-27-28/h6-8,14-15,21,23-24,28,31-33,35,38H,3-5,9-13,16-20,22,25-27H2,1-2H3,(H,47,54)(H,48,51)(H,49,53)/t28-,31-,32-,35+,38+,45-/m1/s1. The zero-order valence-corrected chi connectivity index (χ0v) is 35.4. The number of rotatable bonds is 5. The van der Waals surface area contributed by atoms with Crippen LogP contribution in [0.4, 0.5) is 4.79 Å². The number of alkyl carbamates (subject to hydrolysis) is 1. The van der Waals surface area contributed by atoms with E-state index in [0.29, 0.717) is 61.2 Å². The van der Waals surface area contributed by atoms with Gasteiger partial charge in [0.15, 0.2) is 0 Å². The molecule has 5 aliphatic rings. The fourth-order valence-corrected chi connectivity index (χ4v) is 10.6. The van der Waals surface area contributed by atoms with E-state index in [-0.39, 0.29) is 31.4 Å². The van der Waals surface area contributed by atoms with Gasteiger partial charge in [-0.2, -0.15) is 0 Å². The zero-order chi connectivity index (χ0) is 42.0. The van der Waals surface area contributed by atoms with E-state index in [1.165, 1.54) is 4.90 Å². The van der Waals surface area contributed by atoms with Gasteiger partial charge in [-0.05, 0) is 74.8 Å². The molecule has 2 aromatic carbocycles. The van der Waals surface area contributed by atoms with Crippen molar-refractivity contribution < 1.29 is 41.8 Å². The van der Waals surface area contributed by atoms with Crippen LogP contribution in [0.15, 0.2) is 48.5 Å². The minimum atomic E-state index is -3.88. The lowest BCUT2D eigenvalue weighted by molar-refractivity contribution is -0.141. The van der Waals surface area contributed by atoms with Gasteiger partial charge in [0.05, 0.1) is 36.7 Å². The van der Waals surface area contributed by atoms with Crippen LogP contribution in [-0.2, 0) is 35.6 Å². The number of carbonyl (C=O) groups is 4. The summed E-state index contributed by atoms with van der Waals surface area (Å²) in [7, 11) is -2.23. The number of pyridine rings is 1. The van der Waals surface area contributed by atoms with Crippen LogP contribution in [-0.4, -0.2) is 91.4 Å². The van der Waals surface area contributed by atoms with Crippen LogP contribution in [0.1, 0.15) is 102 Å². The van der Waals surface area contributed by atoms with E-state index in [1.807, 2.05) is 49.4 Å². The number of nitrogens with one attached hydrogen (secondary N) is 3. The molecule has 5 bridgehead atoms. The number of sulfonamides is 1. The Balaban J connectivity index is 1.18. The number of aromatic nitrogens is 1. The monoisotopic (exact) mass is 843 g/mol. The molecule has 1 aromatic heterocycles. The van der Waals surface area contributed by atoms with Crippen molar-refractivity contribution in [2.24, 2.45) is 11.8 Å². The SMILES string of the molecule is COc1cc2nc(-c3ccccc3)cc3c2cc1CCCC[C@@H](C)COC(=O)N[C@H]1CCCCCCC[C@@H]2C[C@@]2(C(=O)NS(=O)(=O)C2CC2)NC(=O)[C@@H]2C[C@H](CN2C1=O)O3. The third kappa shape index (κ3) is 9.20. The molecule has 2 saturated carbocycles. The second-order valence-electron chi connectivity index (χ2n) is 17.6. The highest BCUT2D eigenvalue weighted by molar-refractivity contribution is 7.91. The van der Waals surface area contributed by atoms with Gasteiger partial charge in [-0.15, -0.1) is 0 Å². The number of hydrogen-bond donors (Lipinski definition) is 3. The third-order valence-corrected chi connectivity index (χ3v) is 14.8. The Morgan fingerprint density at radius 1 is 0.950 bits per heavy atom. The average Bonchev–Trinajstić information content (AvgIpc) is 4.17. The fraction of sp³-hybridized carbons (Fsp3) is 0.578. The van der Waals surface area contributed by atoms with Crippen molar-refractivity contribution in [2.75, 3.05) is 20.3 Å². The summed E-state index contributed by atoms with van der Waals surface area (Å²) in [6.45, 7) is 2.25. The number of benzene rings is 2. The van der Waals surface area contributed by atoms with Gasteiger partial charge in [-0.25, -0.2) is 18.2 Å². The molecule has 2 aliphatic carbocycles. The maximum atomic E-state index is 14.8. The summed E-state index contributed by atoms with van der Waals surface area (Å²) in [6.07, 6.45) is 8.43. The molecule has 0 unspecified atom stereocenters. The van der Waals surface area contributed by atoms with Crippen molar-refractivity contribution in [1.82, 2.24) is 25.2 Å². The number of cyclic esters (lactones) is 1. The fourth-order valence-electron chi connectivity index (χ4n) is 9.23. The molecule has 15 heteroatoms. The van der Waals surface area contributed by atoms with Crippen molar-refractivity contribution in [3.05, 3.63) is 54.1 Å². The molecule has 6 atom stereocenters. The van der Waals surface area contributed by atoms with Crippen molar-refractivity contribution in [1.29, 1.82) is 0 Å². The molecule has 322 valence electrons. The first-order valence-electron chi connectivity index (χ1n) is 21.8. The highest BCUT2D eigenvalue weighted by Crippen LogP contribution is 2.48. The van der Waals surface area contributed by atoms with E-state index in [0.717, 1.165) is 67.9 Å². The van der Waals surface area contributed by atoms with E-state index in [4.69, 9.17) is 19.2 Å². The molecular weight excluding hydrogens is 787 g/mol. The predicted molar refractivity (Wildman–Crippen MR) is 225 cm³/mol. The molecule has 8 rings (SSSR count). The molecule has 14 nitrogen and oxygen atoms in total. The second-order valence-corrected chi connectivity index (χ2v) is 19.5. The van der Waals surface area contributed by atoms with Crippen LogP contribution in [0.25, 0.3) is 22.2 Å². The number of ether oxygens (including phenoxy) is 3. The number of hydrogen-bond acceptors (Lipinski definition) is 10. The molecular formula is C45H57N5O9S. The Morgan fingerprint density at radius 3 is 2.47 bits per heavy atom. The van der Waals surface area contributed by atoms with Gasteiger partial charge in [0, 0.05) is 29.5 Å². The van der Waals surface area contributed by atoms with Gasteiger partial charge in [0.1, 0.15) is 35.2 Å². The summed E-state index contributed by atoms with van der Waals surface area (Å²) in [6, 6.07) is 13.6. The van der Waals surface area contributed by atoms with Crippen LogP contribution >= 0.6 is 0 Å². The summed E-state index contributed by atoms with van der Waals surface area (Å²) in [5.41, 5.74) is 1.80. The van der Waals surface area contributed by atoms with Crippen molar-refractivity contribution in [2.45, 2.75) is 132 Å². The topological polar surface area (TPSA) is 182 Å². The minimum absolute atomic E-state index is 0.0212. The summed E-state index contributed by atoms with van der Waals surface area (Å²) in [5.74, 6) is -0.653. The normalized spacial score (nSPS) is 28.3. The molecule has 0 radical (unpaired) electrons. The zero-order valence-electron chi connectivity index (χ0n) is 34.6. The van der Waals surface area contributed by atoms with E-state index < -0.39 is 62.8 Å². The third-order valence-electron chi connectivity index (χ3n) is 13.0. The van der Waals surface area contributed by atoms with Gasteiger partial charge in [0.25, 0.3) is 5.91 Å². The van der Waals surface area contributed by atoms with Crippen LogP contribution < -0.4 is 24.8 Å². The lowest BCUT2D eigenvalue weighted by Gasteiger charge is -2.30. The Morgan fingerprint density at radius 2 is 1.70 bits per heavy atom. The molecule has 2 saturated heterocycles. The van der Waals surface area contributed by atoms with Crippen LogP contribution in [0.2, 0.25) is 0 Å². The second kappa shape index (κ2) is 17.6. The Hall–Kier alpha value is -4.92. The molecule has 3 N–H and O–H groups in total. The number of fused-ring (bicyclic) bond motifs is 4. The van der Waals surface area contributed by atoms with Gasteiger partial charge >= 0.3 is 6.09 Å². The average molecular weight is 844 g/mol. The number of amides is 4. The number of carbonyl (C=O) groups excluding carboxylic acids is 4. The highest BCUT2D eigenvalue weighted by atomic mass is 32.2. The first kappa shape index (κ1) is 41.8. The maximum absolute atomic E-state index is 14.8. The minimum Gasteiger partial charge on any atom is -0.496 e. The first-order chi connectivity index (χ1) is 28.9. The molecule has 4 fully saturated rings. The predicted octanol–water partition coefficient (Wildman–Crippen LogP) is 5.94. The Bertz CT molecular complexity index is 2220. The van der Waals surface area contributed by atoms with Gasteiger partial charge in [-0.1, -0.05) is 75.8 Å². The quantitative estimate of drug-likeness (QED) is 0.278. The molecule has 4 heterocycles. The Labute approximate surface area is 351 Å². The van der Waals surface area contributed by atoms with Crippen molar-refractivity contribution in [3.63, 3.8) is 0 Å². The van der Waals surface area contributed by atoms with E-state index >= 15 is 0 Å². The summed E-state index contributed by atoms with van der Waals surface area (Å²) in [4.78, 5) is 63.2. The van der Waals surface area contributed by atoms with Gasteiger partial charge in [0.2, 0.25) is 21.8 Å². The first-order valence-corrected chi connectivity index (χ1v) is 23.3. The van der Waals surface area contributed by atoms with Crippen molar-refractivity contribution in [3.8, 4) is 22.8 Å². The summed E-state index contributed by atoms with van der Waals surface area (Å²) in [5, 5.41) is 5.98. The van der Waals surface area contributed by atoms with Gasteiger partial charge in [-0.3, -0.25) is 19.1 Å². The Kier molecular flexibility index (Phi) is 12.3. The van der Waals surface area contributed by atoms with Gasteiger partial charge < -0.3 is 29.7 Å². The molecule has 0 spiro atoms. The molecule has 3 aromatic rings. The largest absolute Gasteiger partial charge is 0.496 e. The van der Waals surface area contributed by atoms with Crippen molar-refractivity contribution >= 4 is 44.7 Å². The lowest BCUT2D eigenvalue weighted by atomic mass is 9.99.